The molecule has 2 aromatic carbocycles. The second-order valence-electron chi connectivity index (χ2n) is 13.5. The first-order valence-electron chi connectivity index (χ1n) is 15.8. The highest BCUT2D eigenvalue weighted by Gasteiger charge is 2.42. The molecule has 0 spiro atoms. The molecule has 2 aliphatic heterocycles. The molecule has 6 rings (SSSR count). The first-order chi connectivity index (χ1) is 21.9. The standard InChI is InChI=1S/C35H40ClN5O5/c1-34(2,3)46-33(44)39-16-12-27(29(21-39)24-8-5-4-6-9-24)31(42)38-18-14-35(45,15-19-38)22-40-23-37-30-28(32(40)43)13-17-41(30)26-11-7-10-25(36)20-26/h4-11,13,17,20,23,27,29,45H,12,14-16,18-19,21-22H2,1-3H3/t27-,29+/m1/s1. The van der Waals surface area contributed by atoms with Gasteiger partial charge < -0.3 is 24.2 Å². The Bertz CT molecular complexity index is 1790. The third-order valence-corrected chi connectivity index (χ3v) is 9.27. The Kier molecular flexibility index (Phi) is 8.69. The number of nitrogens with zero attached hydrogens (tertiary/aromatic N) is 5. The van der Waals surface area contributed by atoms with E-state index in [1.165, 1.54) is 10.9 Å². The topological polar surface area (TPSA) is 110 Å². The van der Waals surface area contributed by atoms with Crippen LogP contribution >= 0.6 is 11.6 Å². The SMILES string of the molecule is CC(C)(C)OC(=O)N1CC[C@@H](C(=O)N2CCC(O)(Cn3cnc4c(ccn4-c4cccc(Cl)c4)c3=O)CC2)[C@H](c2ccccc2)C1. The zero-order valence-electron chi connectivity index (χ0n) is 26.4. The van der Waals surface area contributed by atoms with Crippen LogP contribution in [0.3, 0.4) is 0 Å². The number of carbonyl (C=O) groups is 2. The molecule has 1 N–H and O–H groups in total. The van der Waals surface area contributed by atoms with Gasteiger partial charge in [-0.1, -0.05) is 48.0 Å². The number of benzene rings is 2. The quantitative estimate of drug-likeness (QED) is 0.318. The minimum Gasteiger partial charge on any atom is -0.444 e. The van der Waals surface area contributed by atoms with Crippen LogP contribution in [0.4, 0.5) is 4.79 Å². The molecule has 11 heteroatoms. The van der Waals surface area contributed by atoms with Crippen molar-refractivity contribution in [1.82, 2.24) is 23.9 Å². The monoisotopic (exact) mass is 645 g/mol. The fourth-order valence-corrected chi connectivity index (χ4v) is 6.82. The highest BCUT2D eigenvalue weighted by Crippen LogP contribution is 2.36. The number of ether oxygens (including phenoxy) is 1. The lowest BCUT2D eigenvalue weighted by Gasteiger charge is -2.43. The van der Waals surface area contributed by atoms with Crippen LogP contribution in [0.25, 0.3) is 16.7 Å². The van der Waals surface area contributed by atoms with E-state index in [-0.39, 0.29) is 35.9 Å². The van der Waals surface area contributed by atoms with E-state index in [0.29, 0.717) is 61.5 Å². The van der Waals surface area contributed by atoms with Crippen molar-refractivity contribution in [2.75, 3.05) is 26.2 Å². The summed E-state index contributed by atoms with van der Waals surface area (Å²) < 4.78 is 8.90. The molecule has 2 atom stereocenters. The Morgan fingerprint density at radius 2 is 1.76 bits per heavy atom. The van der Waals surface area contributed by atoms with Crippen molar-refractivity contribution in [2.45, 2.75) is 63.7 Å². The summed E-state index contributed by atoms with van der Waals surface area (Å²) in [7, 11) is 0. The van der Waals surface area contributed by atoms with E-state index in [2.05, 4.69) is 4.98 Å². The molecule has 0 bridgehead atoms. The van der Waals surface area contributed by atoms with E-state index >= 15 is 0 Å². The second kappa shape index (κ2) is 12.6. The van der Waals surface area contributed by atoms with Gasteiger partial charge in [0.05, 0.1) is 17.5 Å². The first kappa shape index (κ1) is 31.8. The molecule has 0 unspecified atom stereocenters. The molecule has 2 amide bonds. The molecule has 0 saturated carbocycles. The molecule has 4 aromatic rings. The van der Waals surface area contributed by atoms with Gasteiger partial charge in [-0.2, -0.15) is 0 Å². The van der Waals surface area contributed by atoms with Gasteiger partial charge in [0.15, 0.2) is 5.65 Å². The van der Waals surface area contributed by atoms with Crippen molar-refractivity contribution in [2.24, 2.45) is 5.92 Å². The summed E-state index contributed by atoms with van der Waals surface area (Å²) in [6, 6.07) is 18.9. The number of likely N-dealkylation sites (tertiary alicyclic amines) is 2. The van der Waals surface area contributed by atoms with Crippen LogP contribution in [0.2, 0.25) is 5.02 Å². The van der Waals surface area contributed by atoms with E-state index in [1.807, 2.05) is 72.7 Å². The Morgan fingerprint density at radius 1 is 1.02 bits per heavy atom. The molecular weight excluding hydrogens is 606 g/mol. The second-order valence-corrected chi connectivity index (χ2v) is 13.9. The Morgan fingerprint density at radius 3 is 2.46 bits per heavy atom. The lowest BCUT2D eigenvalue weighted by Crippen LogP contribution is -2.53. The number of piperidine rings is 2. The number of aliphatic hydroxyl groups is 1. The highest BCUT2D eigenvalue weighted by atomic mass is 35.5. The Labute approximate surface area is 273 Å². The number of aromatic nitrogens is 3. The summed E-state index contributed by atoms with van der Waals surface area (Å²) in [5.41, 5.74) is 0.319. The van der Waals surface area contributed by atoms with Crippen molar-refractivity contribution >= 4 is 34.6 Å². The predicted octanol–water partition coefficient (Wildman–Crippen LogP) is 5.23. The molecule has 46 heavy (non-hydrogen) atoms. The molecular formula is C35H40ClN5O5. The molecule has 242 valence electrons. The van der Waals surface area contributed by atoms with Crippen molar-refractivity contribution in [1.29, 1.82) is 0 Å². The fourth-order valence-electron chi connectivity index (χ4n) is 6.63. The van der Waals surface area contributed by atoms with Crippen molar-refractivity contribution in [3.05, 3.63) is 94.1 Å². The van der Waals surface area contributed by atoms with Gasteiger partial charge in [0, 0.05) is 54.9 Å². The van der Waals surface area contributed by atoms with Crippen molar-refractivity contribution < 1.29 is 19.4 Å². The number of halogens is 1. The highest BCUT2D eigenvalue weighted by molar-refractivity contribution is 6.30. The molecule has 2 saturated heterocycles. The minimum atomic E-state index is -1.16. The number of rotatable bonds is 5. The maximum atomic E-state index is 14.0. The normalized spacial score (nSPS) is 20.1. The zero-order valence-corrected chi connectivity index (χ0v) is 27.2. The minimum absolute atomic E-state index is 0.0300. The Hall–Kier alpha value is -4.15. The van der Waals surface area contributed by atoms with Gasteiger partial charge in [0.25, 0.3) is 5.56 Å². The van der Waals surface area contributed by atoms with E-state index in [4.69, 9.17) is 16.3 Å². The van der Waals surface area contributed by atoms with E-state index in [9.17, 15) is 19.5 Å². The molecule has 2 aliphatic rings. The summed E-state index contributed by atoms with van der Waals surface area (Å²) in [6.07, 6.45) is 4.08. The smallest absolute Gasteiger partial charge is 0.410 e. The van der Waals surface area contributed by atoms with Gasteiger partial charge in [-0.25, -0.2) is 9.78 Å². The van der Waals surface area contributed by atoms with Crippen LogP contribution in [0.15, 0.2) is 78.0 Å². The summed E-state index contributed by atoms with van der Waals surface area (Å²) in [5.74, 6) is -0.446. The summed E-state index contributed by atoms with van der Waals surface area (Å²) in [4.78, 5) is 48.4. The number of hydrogen-bond donors (Lipinski definition) is 1. The van der Waals surface area contributed by atoms with Crippen molar-refractivity contribution in [3.8, 4) is 5.69 Å². The van der Waals surface area contributed by atoms with Gasteiger partial charge in [-0.15, -0.1) is 0 Å². The van der Waals surface area contributed by atoms with Crippen LogP contribution in [-0.2, 0) is 16.1 Å². The summed E-state index contributed by atoms with van der Waals surface area (Å²) in [6.45, 7) is 7.19. The maximum absolute atomic E-state index is 14.0. The molecule has 10 nitrogen and oxygen atoms in total. The van der Waals surface area contributed by atoms with Crippen LogP contribution in [0.1, 0.15) is 51.5 Å². The fraction of sp³-hybridized carbons (Fsp3) is 0.429. The molecule has 2 aromatic heterocycles. The van der Waals surface area contributed by atoms with Gasteiger partial charge in [0.1, 0.15) is 11.9 Å². The third kappa shape index (κ3) is 6.69. The molecule has 4 heterocycles. The van der Waals surface area contributed by atoms with Crippen LogP contribution in [-0.4, -0.2) is 78.4 Å². The number of amides is 2. The predicted molar refractivity (Wildman–Crippen MR) is 176 cm³/mol. The average molecular weight is 646 g/mol. The first-order valence-corrected chi connectivity index (χ1v) is 16.2. The lowest BCUT2D eigenvalue weighted by atomic mass is 9.79. The van der Waals surface area contributed by atoms with Crippen molar-refractivity contribution in [3.63, 3.8) is 0 Å². The molecule has 0 aliphatic carbocycles. The maximum Gasteiger partial charge on any atom is 0.410 e. The van der Waals surface area contributed by atoms with Crippen LogP contribution < -0.4 is 5.56 Å². The average Bonchev–Trinajstić information content (AvgIpc) is 3.47. The largest absolute Gasteiger partial charge is 0.444 e. The zero-order chi connectivity index (χ0) is 32.6. The van der Waals surface area contributed by atoms with E-state index < -0.39 is 11.2 Å². The van der Waals surface area contributed by atoms with Gasteiger partial charge in [0.2, 0.25) is 5.91 Å². The number of carbonyl (C=O) groups excluding carboxylic acids is 2. The number of hydrogen-bond acceptors (Lipinski definition) is 6. The summed E-state index contributed by atoms with van der Waals surface area (Å²) >= 11 is 6.17. The van der Waals surface area contributed by atoms with Crippen LogP contribution in [0.5, 0.6) is 0 Å². The summed E-state index contributed by atoms with van der Waals surface area (Å²) in [5, 5.41) is 12.6. The molecule has 0 radical (unpaired) electrons. The van der Waals surface area contributed by atoms with Crippen LogP contribution in [0, 0.1) is 5.92 Å². The van der Waals surface area contributed by atoms with E-state index in [0.717, 1.165) is 11.3 Å². The van der Waals surface area contributed by atoms with Gasteiger partial charge in [-0.3, -0.25) is 14.2 Å². The van der Waals surface area contributed by atoms with Gasteiger partial charge in [-0.05, 0) is 69.9 Å². The lowest BCUT2D eigenvalue weighted by molar-refractivity contribution is -0.142. The Balaban J connectivity index is 1.14. The third-order valence-electron chi connectivity index (χ3n) is 9.04. The van der Waals surface area contributed by atoms with E-state index in [1.54, 1.807) is 29.3 Å². The number of fused-ring (bicyclic) bond motifs is 1. The molecule has 2 fully saturated rings. The van der Waals surface area contributed by atoms with Gasteiger partial charge >= 0.3 is 6.09 Å².